The van der Waals surface area contributed by atoms with Crippen LogP contribution in [-0.4, -0.2) is 23.6 Å². The third kappa shape index (κ3) is 1.23. The molecule has 0 aromatic carbocycles. The van der Waals surface area contributed by atoms with Gasteiger partial charge in [0.15, 0.2) is 0 Å². The molecule has 0 unspecified atom stereocenters. The van der Waals surface area contributed by atoms with Crippen LogP contribution in [0.25, 0.3) is 0 Å². The molecule has 3 aliphatic rings. The second-order valence-corrected chi connectivity index (χ2v) is 11.6. The van der Waals surface area contributed by atoms with Gasteiger partial charge in [-0.15, -0.1) is 0 Å². The molecule has 0 amide bonds. The van der Waals surface area contributed by atoms with E-state index in [4.69, 9.17) is 0 Å². The van der Waals surface area contributed by atoms with Gasteiger partial charge in [0.2, 0.25) is 0 Å². The molecule has 0 radical (unpaired) electrons. The monoisotopic (exact) mass is 186 g/mol. The predicted molar refractivity (Wildman–Crippen MR) is 60.0 cm³/mol. The summed E-state index contributed by atoms with van der Waals surface area (Å²) in [6.07, 6.45) is 9.72. The Hall–Kier alpha value is 0.430. The van der Waals surface area contributed by atoms with Crippen LogP contribution in [0.1, 0.15) is 40.0 Å². The summed E-state index contributed by atoms with van der Waals surface area (Å²) in [6, 6.07) is 0. The molecule has 3 heterocycles. The number of rotatable bonds is 0. The van der Waals surface area contributed by atoms with Gasteiger partial charge >= 0.3 is 76.9 Å². The van der Waals surface area contributed by atoms with Crippen LogP contribution in [0.4, 0.5) is 0 Å². The van der Waals surface area contributed by atoms with Crippen molar-refractivity contribution < 1.29 is 0 Å². The van der Waals surface area contributed by atoms with Crippen LogP contribution in [0, 0.1) is 5.92 Å². The van der Waals surface area contributed by atoms with Crippen LogP contribution in [0.5, 0.6) is 0 Å². The summed E-state index contributed by atoms with van der Waals surface area (Å²) in [5.74, 6) is 1.14. The zero-order valence-corrected chi connectivity index (χ0v) is 9.82. The maximum atomic E-state index is 2.50. The molecule has 72 valence electrons. The zero-order valence-electron chi connectivity index (χ0n) is 8.82. The van der Waals surface area contributed by atoms with Crippen molar-refractivity contribution in [1.29, 1.82) is 0 Å². The number of fused-ring (bicyclic) bond motifs is 3. The summed E-state index contributed by atoms with van der Waals surface area (Å²) in [4.78, 5) is 0. The fourth-order valence-electron chi connectivity index (χ4n) is 3.37. The van der Waals surface area contributed by atoms with E-state index in [1.807, 2.05) is 0 Å². The van der Waals surface area contributed by atoms with E-state index in [1.165, 1.54) is 0 Å². The molecular weight excluding hydrogens is 163 g/mol. The Morgan fingerprint density at radius 2 is 1.33 bits per heavy atom. The van der Waals surface area contributed by atoms with Crippen molar-refractivity contribution in [3.63, 3.8) is 0 Å². The van der Waals surface area contributed by atoms with E-state index in [1.54, 1.807) is 37.7 Å². The summed E-state index contributed by atoms with van der Waals surface area (Å²) in [5.41, 5.74) is 0. The molecule has 3 fully saturated rings. The Bertz CT molecular complexity index is 156. The molecule has 0 aromatic rings. The second-order valence-electron chi connectivity index (χ2n) is 6.01. The van der Waals surface area contributed by atoms with Crippen molar-refractivity contribution in [3.05, 3.63) is 0 Å². The van der Waals surface area contributed by atoms with E-state index < -0.39 is 7.26 Å². The van der Waals surface area contributed by atoms with Gasteiger partial charge in [-0.3, -0.25) is 0 Å². The molecule has 0 aromatic heterocycles. The molecule has 3 aliphatic heterocycles. The van der Waals surface area contributed by atoms with Gasteiger partial charge in [0.05, 0.1) is 0 Å². The topological polar surface area (TPSA) is 0 Å². The van der Waals surface area contributed by atoms with Crippen LogP contribution < -0.4 is 0 Å². The fourth-order valence-corrected chi connectivity index (χ4v) is 9.26. The van der Waals surface area contributed by atoms with Gasteiger partial charge < -0.3 is 0 Å². The van der Waals surface area contributed by atoms with Gasteiger partial charge in [0.25, 0.3) is 0 Å². The van der Waals surface area contributed by atoms with E-state index in [-0.39, 0.29) is 0 Å². The Labute approximate surface area is 77.5 Å². The summed E-state index contributed by atoms with van der Waals surface area (Å²) >= 11 is 0. The molecule has 0 spiro atoms. The molecular formula is C11H23P. The van der Waals surface area contributed by atoms with Crippen LogP contribution in [0.3, 0.4) is 0 Å². The van der Waals surface area contributed by atoms with Crippen LogP contribution in [0.2, 0.25) is 0 Å². The molecule has 3 rings (SSSR count). The summed E-state index contributed by atoms with van der Waals surface area (Å²) in [5, 5.41) is 0.693. The summed E-state index contributed by atoms with van der Waals surface area (Å²) in [6.45, 7) is 7.51. The molecule has 3 saturated heterocycles. The molecule has 1 heteroatoms. The van der Waals surface area contributed by atoms with Gasteiger partial charge in [-0.2, -0.15) is 0 Å². The minimum absolute atomic E-state index is 0.693. The van der Waals surface area contributed by atoms with Crippen LogP contribution >= 0.6 is 7.26 Å². The number of hydrogen-bond acceptors (Lipinski definition) is 0. The van der Waals surface area contributed by atoms with Crippen molar-refractivity contribution >= 4 is 7.26 Å². The average Bonchev–Trinajstić information content (AvgIpc) is 2.06. The van der Waals surface area contributed by atoms with Crippen molar-refractivity contribution in [1.82, 2.24) is 0 Å². The van der Waals surface area contributed by atoms with Gasteiger partial charge in [-0.25, -0.2) is 0 Å². The van der Waals surface area contributed by atoms with Gasteiger partial charge in [-0.05, 0) is 0 Å². The first-order chi connectivity index (χ1) is 5.54. The van der Waals surface area contributed by atoms with Crippen molar-refractivity contribution in [2.24, 2.45) is 5.92 Å². The maximum absolute atomic E-state index is 2.50. The normalized spacial score (nSPS) is 36.4. The number of hydrogen-bond donors (Lipinski definition) is 0. The first-order valence-electron chi connectivity index (χ1n) is 5.54. The summed E-state index contributed by atoms with van der Waals surface area (Å²) in [7, 11) is -0.792. The molecule has 12 heavy (non-hydrogen) atoms. The van der Waals surface area contributed by atoms with Gasteiger partial charge in [0.1, 0.15) is 0 Å². The second kappa shape index (κ2) is 2.71. The Morgan fingerprint density at radius 1 is 0.917 bits per heavy atom. The van der Waals surface area contributed by atoms with Gasteiger partial charge in [-0.1, -0.05) is 0 Å². The predicted octanol–water partition coefficient (Wildman–Crippen LogP) is 3.35. The molecule has 0 atom stereocenters. The Kier molecular flexibility index (Phi) is 2.03. The first kappa shape index (κ1) is 9.00. The molecule has 0 nitrogen and oxygen atoms in total. The molecule has 0 saturated carbocycles. The van der Waals surface area contributed by atoms with E-state index in [9.17, 15) is 0 Å². The van der Waals surface area contributed by atoms with E-state index in [0.717, 1.165) is 5.92 Å². The third-order valence-corrected chi connectivity index (χ3v) is 11.6. The van der Waals surface area contributed by atoms with Crippen LogP contribution in [-0.2, 0) is 0 Å². The molecule has 2 bridgehead atoms. The van der Waals surface area contributed by atoms with Crippen molar-refractivity contribution in [2.45, 2.75) is 45.2 Å². The van der Waals surface area contributed by atoms with E-state index >= 15 is 0 Å². The average molecular weight is 186 g/mol. The minimum atomic E-state index is -0.792. The Balaban J connectivity index is 2.19. The Morgan fingerprint density at radius 3 is 1.58 bits per heavy atom. The van der Waals surface area contributed by atoms with Gasteiger partial charge in [0, 0.05) is 0 Å². The standard InChI is InChI=1S/C11H23P/c1-11(2,3)12-7-4-10(5-8-12)6-9-12/h10,12H,4-9H2,1-3H3. The molecule has 0 N–H and O–H groups in total. The van der Waals surface area contributed by atoms with E-state index in [2.05, 4.69) is 20.8 Å². The molecule has 0 aliphatic carbocycles. The van der Waals surface area contributed by atoms with Crippen molar-refractivity contribution in [2.75, 3.05) is 18.5 Å². The van der Waals surface area contributed by atoms with Crippen LogP contribution in [0.15, 0.2) is 0 Å². The fraction of sp³-hybridized carbons (Fsp3) is 1.00. The third-order valence-electron chi connectivity index (χ3n) is 4.68. The first-order valence-corrected chi connectivity index (χ1v) is 8.16. The van der Waals surface area contributed by atoms with Crippen molar-refractivity contribution in [3.8, 4) is 0 Å². The quantitative estimate of drug-likeness (QED) is 0.509. The SMILES string of the molecule is CC(C)(C)[PH]12CCC(CC1)CC2. The summed E-state index contributed by atoms with van der Waals surface area (Å²) < 4.78 is 0. The van der Waals surface area contributed by atoms with E-state index in [0.29, 0.717) is 5.16 Å². The zero-order chi connectivity index (χ0) is 8.82.